The summed E-state index contributed by atoms with van der Waals surface area (Å²) in [6.07, 6.45) is 4.09. The average molecular weight is 465 g/mol. The third-order valence-corrected chi connectivity index (χ3v) is 6.94. The number of amides is 2. The molecule has 0 radical (unpaired) electrons. The third-order valence-electron chi connectivity index (χ3n) is 6.94. The summed E-state index contributed by atoms with van der Waals surface area (Å²) in [6, 6.07) is 13.1. The first-order chi connectivity index (χ1) is 16.5. The Balaban J connectivity index is 1.29. The van der Waals surface area contributed by atoms with E-state index in [4.69, 9.17) is 18.9 Å². The van der Waals surface area contributed by atoms with Gasteiger partial charge in [-0.3, -0.25) is 9.59 Å². The van der Waals surface area contributed by atoms with Gasteiger partial charge < -0.3 is 29.2 Å². The van der Waals surface area contributed by atoms with E-state index in [1.54, 1.807) is 26.2 Å². The number of para-hydroxylation sites is 2. The SMILES string of the molecule is COc1ccc(CCNC(=O)[C@@H]2[C@H]3C(=O)N(c4ccccc4OC)C[C@]34C=C[C@H]2O4)cc1OC. The summed E-state index contributed by atoms with van der Waals surface area (Å²) in [5.41, 5.74) is 0.915. The standard InChI is InChI=1S/C26H28N2O6/c1-31-18-7-5-4-6-17(18)28-15-26-12-10-20(34-26)22(23(26)25(28)30)24(29)27-13-11-16-8-9-19(32-2)21(14-16)33-3/h4-10,12,14,20,22-23H,11,13,15H2,1-3H3,(H,27,29)/t20-,22+,23+,26-/m1/s1. The Morgan fingerprint density at radius 3 is 2.62 bits per heavy atom. The lowest BCUT2D eigenvalue weighted by Crippen LogP contribution is -2.44. The molecular formula is C26H28N2O6. The molecule has 2 saturated heterocycles. The summed E-state index contributed by atoms with van der Waals surface area (Å²) in [5.74, 6) is 0.504. The average Bonchev–Trinajstić information content (AvgIpc) is 3.51. The number of carbonyl (C=O) groups is 2. The Bertz CT molecular complexity index is 1150. The Morgan fingerprint density at radius 2 is 1.85 bits per heavy atom. The molecule has 3 aliphatic heterocycles. The predicted octanol–water partition coefficient (Wildman–Crippen LogP) is 2.36. The normalized spacial score (nSPS) is 26.5. The molecule has 0 aliphatic carbocycles. The fourth-order valence-electron chi connectivity index (χ4n) is 5.34. The molecule has 2 aromatic rings. The molecule has 3 heterocycles. The van der Waals surface area contributed by atoms with Crippen LogP contribution >= 0.6 is 0 Å². The number of nitrogens with zero attached hydrogens (tertiary/aromatic N) is 1. The minimum Gasteiger partial charge on any atom is -0.495 e. The van der Waals surface area contributed by atoms with Crippen LogP contribution in [-0.2, 0) is 20.7 Å². The fourth-order valence-corrected chi connectivity index (χ4v) is 5.34. The summed E-state index contributed by atoms with van der Waals surface area (Å²) in [4.78, 5) is 28.4. The second-order valence-electron chi connectivity index (χ2n) is 8.73. The van der Waals surface area contributed by atoms with Gasteiger partial charge in [-0.1, -0.05) is 30.4 Å². The van der Waals surface area contributed by atoms with Crippen molar-refractivity contribution in [3.05, 3.63) is 60.2 Å². The van der Waals surface area contributed by atoms with Gasteiger partial charge in [0.2, 0.25) is 11.8 Å². The molecule has 2 bridgehead atoms. The van der Waals surface area contributed by atoms with Crippen molar-refractivity contribution in [3.8, 4) is 17.2 Å². The van der Waals surface area contributed by atoms with Gasteiger partial charge in [0, 0.05) is 6.54 Å². The molecule has 5 rings (SSSR count). The quantitative estimate of drug-likeness (QED) is 0.604. The number of rotatable bonds is 8. The van der Waals surface area contributed by atoms with Gasteiger partial charge in [0.15, 0.2) is 11.5 Å². The Hall–Kier alpha value is -3.52. The van der Waals surface area contributed by atoms with E-state index in [2.05, 4.69) is 5.32 Å². The second kappa shape index (κ2) is 8.68. The number of methoxy groups -OCH3 is 3. The smallest absolute Gasteiger partial charge is 0.234 e. The van der Waals surface area contributed by atoms with Gasteiger partial charge in [-0.15, -0.1) is 0 Å². The minimum atomic E-state index is -0.784. The molecule has 4 atom stereocenters. The highest BCUT2D eigenvalue weighted by molar-refractivity contribution is 6.04. The molecule has 2 fully saturated rings. The number of fused-ring (bicyclic) bond motifs is 1. The largest absolute Gasteiger partial charge is 0.495 e. The molecule has 2 aromatic carbocycles. The maximum Gasteiger partial charge on any atom is 0.234 e. The van der Waals surface area contributed by atoms with E-state index in [0.29, 0.717) is 42.4 Å². The third kappa shape index (κ3) is 3.49. The van der Waals surface area contributed by atoms with E-state index in [1.165, 1.54) is 0 Å². The molecule has 34 heavy (non-hydrogen) atoms. The van der Waals surface area contributed by atoms with Gasteiger partial charge in [-0.05, 0) is 36.2 Å². The van der Waals surface area contributed by atoms with E-state index < -0.39 is 23.5 Å². The van der Waals surface area contributed by atoms with Gasteiger partial charge in [0.25, 0.3) is 0 Å². The lowest BCUT2D eigenvalue weighted by molar-refractivity contribution is -0.131. The molecule has 8 heteroatoms. The van der Waals surface area contributed by atoms with Gasteiger partial charge in [-0.25, -0.2) is 0 Å². The van der Waals surface area contributed by atoms with Crippen molar-refractivity contribution < 1.29 is 28.5 Å². The van der Waals surface area contributed by atoms with Gasteiger partial charge >= 0.3 is 0 Å². The minimum absolute atomic E-state index is 0.114. The number of carbonyl (C=O) groups excluding carboxylic acids is 2. The van der Waals surface area contributed by atoms with E-state index in [1.807, 2.05) is 54.6 Å². The van der Waals surface area contributed by atoms with Crippen molar-refractivity contribution in [2.45, 2.75) is 18.1 Å². The van der Waals surface area contributed by atoms with Crippen LogP contribution in [0, 0.1) is 11.8 Å². The van der Waals surface area contributed by atoms with Crippen molar-refractivity contribution in [1.82, 2.24) is 5.32 Å². The van der Waals surface area contributed by atoms with E-state index >= 15 is 0 Å². The summed E-state index contributed by atoms with van der Waals surface area (Å²) < 4.78 is 22.3. The zero-order valence-electron chi connectivity index (χ0n) is 19.4. The van der Waals surface area contributed by atoms with Gasteiger partial charge in [0.05, 0.1) is 51.5 Å². The number of benzene rings is 2. The summed E-state index contributed by atoms with van der Waals surface area (Å²) in [5, 5.41) is 3.01. The zero-order valence-corrected chi connectivity index (χ0v) is 19.4. The molecule has 0 aromatic heterocycles. The number of ether oxygens (including phenoxy) is 4. The van der Waals surface area contributed by atoms with Gasteiger partial charge in [0.1, 0.15) is 11.4 Å². The first-order valence-corrected chi connectivity index (χ1v) is 11.3. The second-order valence-corrected chi connectivity index (χ2v) is 8.73. The Kier molecular flexibility index (Phi) is 5.69. The first-order valence-electron chi connectivity index (χ1n) is 11.3. The molecule has 178 valence electrons. The van der Waals surface area contributed by atoms with Crippen LogP contribution in [0.4, 0.5) is 5.69 Å². The summed E-state index contributed by atoms with van der Waals surface area (Å²) in [6.45, 7) is 0.796. The molecule has 3 aliphatic rings. The lowest BCUT2D eigenvalue weighted by Gasteiger charge is -2.23. The van der Waals surface area contributed by atoms with Crippen LogP contribution < -0.4 is 24.4 Å². The van der Waals surface area contributed by atoms with E-state index in [9.17, 15) is 9.59 Å². The maximum absolute atomic E-state index is 13.5. The molecule has 2 amide bonds. The number of nitrogens with one attached hydrogen (secondary N) is 1. The van der Waals surface area contributed by atoms with Crippen LogP contribution in [0.2, 0.25) is 0 Å². The van der Waals surface area contributed by atoms with Crippen LogP contribution in [-0.4, -0.2) is 57.9 Å². The van der Waals surface area contributed by atoms with Crippen molar-refractivity contribution in [3.63, 3.8) is 0 Å². The molecule has 1 spiro atoms. The van der Waals surface area contributed by atoms with Crippen molar-refractivity contribution in [2.75, 3.05) is 39.3 Å². The van der Waals surface area contributed by atoms with Crippen LogP contribution in [0.25, 0.3) is 0 Å². The molecular weight excluding hydrogens is 436 g/mol. The van der Waals surface area contributed by atoms with Crippen LogP contribution in [0.1, 0.15) is 5.56 Å². The maximum atomic E-state index is 13.5. The monoisotopic (exact) mass is 464 g/mol. The highest BCUT2D eigenvalue weighted by Gasteiger charge is 2.67. The molecule has 0 unspecified atom stereocenters. The van der Waals surface area contributed by atoms with Crippen LogP contribution in [0.5, 0.6) is 17.2 Å². The highest BCUT2D eigenvalue weighted by atomic mass is 16.5. The van der Waals surface area contributed by atoms with Crippen molar-refractivity contribution in [2.24, 2.45) is 11.8 Å². The summed E-state index contributed by atoms with van der Waals surface area (Å²) in [7, 11) is 4.76. The van der Waals surface area contributed by atoms with Crippen LogP contribution in [0.15, 0.2) is 54.6 Å². The first kappa shape index (κ1) is 22.3. The molecule has 0 saturated carbocycles. The van der Waals surface area contributed by atoms with Crippen molar-refractivity contribution in [1.29, 1.82) is 0 Å². The number of hydrogen-bond acceptors (Lipinski definition) is 6. The zero-order chi connectivity index (χ0) is 23.9. The Labute approximate surface area is 198 Å². The molecule has 1 N–H and O–H groups in total. The van der Waals surface area contributed by atoms with Crippen LogP contribution in [0.3, 0.4) is 0 Å². The molecule has 8 nitrogen and oxygen atoms in total. The Morgan fingerprint density at radius 1 is 1.09 bits per heavy atom. The highest BCUT2D eigenvalue weighted by Crippen LogP contribution is 2.53. The fraction of sp³-hybridized carbons (Fsp3) is 0.385. The number of hydrogen-bond donors (Lipinski definition) is 1. The van der Waals surface area contributed by atoms with E-state index in [0.717, 1.165) is 5.56 Å². The van der Waals surface area contributed by atoms with E-state index in [-0.39, 0.29) is 11.8 Å². The topological polar surface area (TPSA) is 86.3 Å². The number of anilines is 1. The lowest BCUT2D eigenvalue weighted by atomic mass is 9.77. The van der Waals surface area contributed by atoms with Gasteiger partial charge in [-0.2, -0.15) is 0 Å². The van der Waals surface area contributed by atoms with Crippen molar-refractivity contribution >= 4 is 17.5 Å². The predicted molar refractivity (Wildman–Crippen MR) is 125 cm³/mol. The summed E-state index contributed by atoms with van der Waals surface area (Å²) >= 11 is 0.